The number of benzene rings is 2. The smallest absolute Gasteiger partial charge is 0.254 e. The number of carbonyl (C=O) groups excluding carboxylic acids is 1. The Bertz CT molecular complexity index is 809. The molecule has 0 aliphatic carbocycles. The van der Waals surface area contributed by atoms with Crippen LogP contribution in [0.3, 0.4) is 0 Å². The molecule has 0 spiro atoms. The number of nitrogens with one attached hydrogen (secondary N) is 2. The molecule has 0 saturated carbocycles. The van der Waals surface area contributed by atoms with Crippen molar-refractivity contribution in [3.05, 3.63) is 58.1 Å². The fraction of sp³-hybridized carbons (Fsp3) is 0.222. The molecule has 3 rings (SSSR count). The lowest BCUT2D eigenvalue weighted by Crippen LogP contribution is -2.40. The number of nitrogens with zero attached hydrogens (tertiary/aromatic N) is 1. The standard InChI is InChI=1S/C18H17Cl2N3O2S/c19-15-6-5-14(11-16(15)20)22-18(26)21-13-3-1-12(2-4-13)17(24)23-7-9-25-10-8-23/h1-6,11H,7-10H2,(H2,21,22,26). The average molecular weight is 410 g/mol. The van der Waals surface area contributed by atoms with Gasteiger partial charge in [-0.15, -0.1) is 0 Å². The topological polar surface area (TPSA) is 53.6 Å². The Hall–Kier alpha value is -1.86. The van der Waals surface area contributed by atoms with Crippen LogP contribution in [0.2, 0.25) is 10.0 Å². The molecule has 2 N–H and O–H groups in total. The molecule has 1 amide bonds. The predicted octanol–water partition coefficient (Wildman–Crippen LogP) is 4.27. The fourth-order valence-electron chi connectivity index (χ4n) is 2.51. The van der Waals surface area contributed by atoms with Crippen LogP contribution in [0.5, 0.6) is 0 Å². The first-order valence-corrected chi connectivity index (χ1v) is 9.19. The Morgan fingerprint density at radius 1 is 0.962 bits per heavy atom. The molecule has 0 radical (unpaired) electrons. The molecule has 5 nitrogen and oxygen atoms in total. The van der Waals surface area contributed by atoms with E-state index in [4.69, 9.17) is 40.2 Å². The third kappa shape index (κ3) is 4.86. The maximum Gasteiger partial charge on any atom is 0.254 e. The molecule has 1 saturated heterocycles. The average Bonchev–Trinajstić information content (AvgIpc) is 2.65. The van der Waals surface area contributed by atoms with Crippen molar-refractivity contribution in [2.75, 3.05) is 36.9 Å². The molecule has 2 aromatic rings. The van der Waals surface area contributed by atoms with Crippen molar-refractivity contribution < 1.29 is 9.53 Å². The quantitative estimate of drug-likeness (QED) is 0.741. The van der Waals surface area contributed by atoms with E-state index in [-0.39, 0.29) is 5.91 Å². The normalized spacial score (nSPS) is 14.0. The summed E-state index contributed by atoms with van der Waals surface area (Å²) in [6.07, 6.45) is 0. The van der Waals surface area contributed by atoms with Gasteiger partial charge < -0.3 is 20.3 Å². The fourth-order valence-corrected chi connectivity index (χ4v) is 3.05. The van der Waals surface area contributed by atoms with E-state index in [0.29, 0.717) is 47.0 Å². The summed E-state index contributed by atoms with van der Waals surface area (Å²) in [5, 5.41) is 7.45. The molecule has 1 aliphatic rings. The monoisotopic (exact) mass is 409 g/mol. The highest BCUT2D eigenvalue weighted by atomic mass is 35.5. The Morgan fingerprint density at radius 2 is 1.58 bits per heavy atom. The zero-order valence-corrected chi connectivity index (χ0v) is 16.1. The molecular weight excluding hydrogens is 393 g/mol. The van der Waals surface area contributed by atoms with Gasteiger partial charge in [-0.2, -0.15) is 0 Å². The molecule has 0 bridgehead atoms. The number of halogens is 2. The largest absolute Gasteiger partial charge is 0.378 e. The zero-order valence-electron chi connectivity index (χ0n) is 13.8. The summed E-state index contributed by atoms with van der Waals surface area (Å²) in [5.74, 6) is 0.0105. The number of carbonyl (C=O) groups is 1. The molecule has 2 aromatic carbocycles. The highest BCUT2D eigenvalue weighted by Gasteiger charge is 2.18. The van der Waals surface area contributed by atoms with E-state index in [1.54, 1.807) is 35.2 Å². The summed E-state index contributed by atoms with van der Waals surface area (Å²) in [4.78, 5) is 14.2. The lowest BCUT2D eigenvalue weighted by Gasteiger charge is -2.26. The van der Waals surface area contributed by atoms with E-state index in [1.165, 1.54) is 0 Å². The molecule has 0 atom stereocenters. The lowest BCUT2D eigenvalue weighted by atomic mass is 10.1. The number of amides is 1. The lowest BCUT2D eigenvalue weighted by molar-refractivity contribution is 0.0303. The molecule has 136 valence electrons. The van der Waals surface area contributed by atoms with Crippen LogP contribution in [0.1, 0.15) is 10.4 Å². The molecular formula is C18H17Cl2N3O2S. The van der Waals surface area contributed by atoms with Crippen LogP contribution in [-0.2, 0) is 4.74 Å². The second-order valence-corrected chi connectivity index (χ2v) is 6.91. The van der Waals surface area contributed by atoms with Crippen LogP contribution in [0.25, 0.3) is 0 Å². The maximum absolute atomic E-state index is 12.4. The number of thiocarbonyl (C=S) groups is 1. The van der Waals surface area contributed by atoms with Crippen molar-refractivity contribution >= 4 is 57.8 Å². The van der Waals surface area contributed by atoms with Crippen molar-refractivity contribution in [3.63, 3.8) is 0 Å². The number of hydrogen-bond donors (Lipinski definition) is 2. The number of ether oxygens (including phenoxy) is 1. The summed E-state index contributed by atoms with van der Waals surface area (Å²) in [7, 11) is 0. The van der Waals surface area contributed by atoms with E-state index in [9.17, 15) is 4.79 Å². The zero-order chi connectivity index (χ0) is 18.5. The Kier molecular flexibility index (Phi) is 6.32. The van der Waals surface area contributed by atoms with E-state index >= 15 is 0 Å². The Balaban J connectivity index is 1.58. The molecule has 8 heteroatoms. The Morgan fingerprint density at radius 3 is 2.23 bits per heavy atom. The predicted molar refractivity (Wildman–Crippen MR) is 109 cm³/mol. The highest BCUT2D eigenvalue weighted by Crippen LogP contribution is 2.25. The second-order valence-electron chi connectivity index (χ2n) is 5.69. The van der Waals surface area contributed by atoms with Crippen LogP contribution in [-0.4, -0.2) is 42.2 Å². The minimum Gasteiger partial charge on any atom is -0.378 e. The third-order valence-corrected chi connectivity index (χ3v) is 4.81. The van der Waals surface area contributed by atoms with Crippen LogP contribution in [0, 0.1) is 0 Å². The number of morpholine rings is 1. The van der Waals surface area contributed by atoms with Gasteiger partial charge in [0.15, 0.2) is 5.11 Å². The van der Waals surface area contributed by atoms with Gasteiger partial charge in [-0.05, 0) is 54.7 Å². The summed E-state index contributed by atoms with van der Waals surface area (Å²) in [6.45, 7) is 2.41. The van der Waals surface area contributed by atoms with Crippen molar-refractivity contribution in [3.8, 4) is 0 Å². The first-order chi connectivity index (χ1) is 12.5. The van der Waals surface area contributed by atoms with Gasteiger partial charge in [-0.25, -0.2) is 0 Å². The summed E-state index contributed by atoms with van der Waals surface area (Å²) in [6, 6.07) is 12.4. The van der Waals surface area contributed by atoms with E-state index in [0.717, 1.165) is 11.4 Å². The van der Waals surface area contributed by atoms with Gasteiger partial charge in [-0.3, -0.25) is 4.79 Å². The summed E-state index contributed by atoms with van der Waals surface area (Å²) < 4.78 is 5.27. The van der Waals surface area contributed by atoms with Crippen LogP contribution in [0.15, 0.2) is 42.5 Å². The number of hydrogen-bond acceptors (Lipinski definition) is 3. The SMILES string of the molecule is O=C(c1ccc(NC(=S)Nc2ccc(Cl)c(Cl)c2)cc1)N1CCOCC1. The molecule has 1 heterocycles. The van der Waals surface area contributed by atoms with E-state index in [1.807, 2.05) is 12.1 Å². The van der Waals surface area contributed by atoms with E-state index < -0.39 is 0 Å². The molecule has 0 aromatic heterocycles. The first-order valence-electron chi connectivity index (χ1n) is 8.03. The molecule has 1 fully saturated rings. The van der Waals surface area contributed by atoms with Gasteiger partial charge in [0.25, 0.3) is 5.91 Å². The first kappa shape index (κ1) is 18.9. The molecule has 0 unspecified atom stereocenters. The van der Waals surface area contributed by atoms with Crippen LogP contribution < -0.4 is 10.6 Å². The van der Waals surface area contributed by atoms with Gasteiger partial charge in [0, 0.05) is 30.0 Å². The van der Waals surface area contributed by atoms with Crippen LogP contribution in [0.4, 0.5) is 11.4 Å². The van der Waals surface area contributed by atoms with Gasteiger partial charge >= 0.3 is 0 Å². The van der Waals surface area contributed by atoms with E-state index in [2.05, 4.69) is 10.6 Å². The number of rotatable bonds is 3. The van der Waals surface area contributed by atoms with Crippen molar-refractivity contribution in [2.45, 2.75) is 0 Å². The van der Waals surface area contributed by atoms with Gasteiger partial charge in [0.2, 0.25) is 0 Å². The van der Waals surface area contributed by atoms with Crippen molar-refractivity contribution in [1.29, 1.82) is 0 Å². The van der Waals surface area contributed by atoms with Gasteiger partial charge in [-0.1, -0.05) is 23.2 Å². The second kappa shape index (κ2) is 8.68. The molecule has 1 aliphatic heterocycles. The van der Waals surface area contributed by atoms with Gasteiger partial charge in [0.05, 0.1) is 23.3 Å². The summed E-state index contributed by atoms with van der Waals surface area (Å²) >= 11 is 17.2. The Labute approximate surface area is 167 Å². The summed E-state index contributed by atoms with van der Waals surface area (Å²) in [5.41, 5.74) is 2.15. The maximum atomic E-state index is 12.4. The van der Waals surface area contributed by atoms with Crippen molar-refractivity contribution in [1.82, 2.24) is 4.90 Å². The minimum atomic E-state index is 0.0105. The van der Waals surface area contributed by atoms with Crippen molar-refractivity contribution in [2.24, 2.45) is 0 Å². The third-order valence-electron chi connectivity index (χ3n) is 3.87. The molecule has 26 heavy (non-hydrogen) atoms. The minimum absolute atomic E-state index is 0.0105. The highest BCUT2D eigenvalue weighted by molar-refractivity contribution is 7.80. The van der Waals surface area contributed by atoms with Gasteiger partial charge in [0.1, 0.15) is 0 Å². The van der Waals surface area contributed by atoms with Crippen LogP contribution >= 0.6 is 35.4 Å². The number of anilines is 2.